The van der Waals surface area contributed by atoms with Gasteiger partial charge in [-0.3, -0.25) is 0 Å². The molecule has 0 aliphatic carbocycles. The SMILES string of the molecule is c1ccc2c(c1)sc1cc3c(ccc4ccsc43)cc12. The third-order valence-electron chi connectivity index (χ3n) is 3.93. The Morgan fingerprint density at radius 1 is 0.650 bits per heavy atom. The lowest BCUT2D eigenvalue weighted by Gasteiger charge is -2.00. The highest BCUT2D eigenvalue weighted by molar-refractivity contribution is 7.26. The maximum absolute atomic E-state index is 2.37. The molecule has 0 atom stereocenters. The van der Waals surface area contributed by atoms with Crippen molar-refractivity contribution in [1.82, 2.24) is 0 Å². The van der Waals surface area contributed by atoms with Crippen LogP contribution in [0.3, 0.4) is 0 Å². The van der Waals surface area contributed by atoms with Crippen LogP contribution >= 0.6 is 22.7 Å². The first-order valence-electron chi connectivity index (χ1n) is 6.61. The molecule has 0 N–H and O–H groups in total. The quantitative estimate of drug-likeness (QED) is 0.308. The van der Waals surface area contributed by atoms with Gasteiger partial charge < -0.3 is 0 Å². The van der Waals surface area contributed by atoms with E-state index in [-0.39, 0.29) is 0 Å². The van der Waals surface area contributed by atoms with Crippen LogP contribution in [-0.4, -0.2) is 0 Å². The molecular weight excluding hydrogens is 280 g/mol. The van der Waals surface area contributed by atoms with E-state index in [9.17, 15) is 0 Å². The van der Waals surface area contributed by atoms with Crippen LogP contribution < -0.4 is 0 Å². The van der Waals surface area contributed by atoms with Gasteiger partial charge in [0.1, 0.15) is 0 Å². The van der Waals surface area contributed by atoms with Crippen molar-refractivity contribution in [2.45, 2.75) is 0 Å². The molecule has 0 amide bonds. The minimum atomic E-state index is 1.34. The van der Waals surface area contributed by atoms with Gasteiger partial charge in [0, 0.05) is 30.3 Å². The van der Waals surface area contributed by atoms with Crippen molar-refractivity contribution in [2.24, 2.45) is 0 Å². The van der Waals surface area contributed by atoms with E-state index in [1.807, 2.05) is 22.7 Å². The summed E-state index contributed by atoms with van der Waals surface area (Å²) in [4.78, 5) is 0. The highest BCUT2D eigenvalue weighted by Crippen LogP contribution is 2.39. The lowest BCUT2D eigenvalue weighted by atomic mass is 10.0. The first kappa shape index (κ1) is 10.8. The van der Waals surface area contributed by atoms with Crippen molar-refractivity contribution in [3.05, 3.63) is 60.0 Å². The number of hydrogen-bond acceptors (Lipinski definition) is 2. The van der Waals surface area contributed by atoms with E-state index in [0.29, 0.717) is 0 Å². The van der Waals surface area contributed by atoms with E-state index in [0.717, 1.165) is 0 Å². The molecule has 3 aromatic carbocycles. The summed E-state index contributed by atoms with van der Waals surface area (Å²) in [5.41, 5.74) is 0. The van der Waals surface area contributed by atoms with E-state index in [1.165, 1.54) is 41.0 Å². The Morgan fingerprint density at radius 3 is 2.55 bits per heavy atom. The Labute approximate surface area is 123 Å². The predicted molar refractivity (Wildman–Crippen MR) is 92.2 cm³/mol. The summed E-state index contributed by atoms with van der Waals surface area (Å²) in [5, 5.41) is 9.02. The molecule has 0 bridgehead atoms. The van der Waals surface area contributed by atoms with E-state index < -0.39 is 0 Å². The summed E-state index contributed by atoms with van der Waals surface area (Å²) in [7, 11) is 0. The molecule has 94 valence electrons. The van der Waals surface area contributed by atoms with Gasteiger partial charge in [-0.15, -0.1) is 22.7 Å². The fourth-order valence-electron chi connectivity index (χ4n) is 2.97. The average Bonchev–Trinajstić information content (AvgIpc) is 3.09. The summed E-state index contributed by atoms with van der Waals surface area (Å²) >= 11 is 3.73. The van der Waals surface area contributed by atoms with Crippen molar-refractivity contribution < 1.29 is 0 Å². The smallest absolute Gasteiger partial charge is 0.0421 e. The van der Waals surface area contributed by atoms with Gasteiger partial charge in [-0.05, 0) is 40.4 Å². The van der Waals surface area contributed by atoms with Crippen molar-refractivity contribution in [3.8, 4) is 0 Å². The Morgan fingerprint density at radius 2 is 1.55 bits per heavy atom. The Balaban J connectivity index is 2.06. The highest BCUT2D eigenvalue weighted by Gasteiger charge is 2.08. The molecule has 0 aliphatic rings. The third kappa shape index (κ3) is 1.35. The van der Waals surface area contributed by atoms with Crippen molar-refractivity contribution in [2.75, 3.05) is 0 Å². The second-order valence-corrected chi connectivity index (χ2v) is 7.07. The largest absolute Gasteiger partial charge is 0.143 e. The summed E-state index contributed by atoms with van der Waals surface area (Å²) in [5.74, 6) is 0. The van der Waals surface area contributed by atoms with Crippen LogP contribution in [0.4, 0.5) is 0 Å². The normalized spacial score (nSPS) is 12.0. The van der Waals surface area contributed by atoms with Gasteiger partial charge in [0.2, 0.25) is 0 Å². The standard InChI is InChI=1S/C18H10S2/c1-2-4-16-13(3-1)15-9-12-6-5-11-7-8-19-18(11)14(12)10-17(15)20-16/h1-10H. The molecule has 0 saturated heterocycles. The zero-order valence-corrected chi connectivity index (χ0v) is 12.2. The lowest BCUT2D eigenvalue weighted by molar-refractivity contribution is 1.86. The van der Waals surface area contributed by atoms with Crippen molar-refractivity contribution in [1.29, 1.82) is 0 Å². The topological polar surface area (TPSA) is 0 Å². The molecule has 0 fully saturated rings. The van der Waals surface area contributed by atoms with Crippen molar-refractivity contribution in [3.63, 3.8) is 0 Å². The monoisotopic (exact) mass is 290 g/mol. The predicted octanol–water partition coefficient (Wildman–Crippen LogP) is 6.42. The van der Waals surface area contributed by atoms with E-state index in [4.69, 9.17) is 0 Å². The van der Waals surface area contributed by atoms with Crippen LogP contribution in [0.15, 0.2) is 60.0 Å². The van der Waals surface area contributed by atoms with Gasteiger partial charge in [0.15, 0.2) is 0 Å². The minimum Gasteiger partial charge on any atom is -0.143 e. The summed E-state index contributed by atoms with van der Waals surface area (Å²) < 4.78 is 4.17. The Kier molecular flexibility index (Phi) is 2.07. The van der Waals surface area contributed by atoms with Crippen LogP contribution in [0.2, 0.25) is 0 Å². The number of thiophene rings is 2. The Hall–Kier alpha value is -1.90. The molecule has 2 aromatic heterocycles. The Bertz CT molecular complexity index is 1100. The number of hydrogen-bond donors (Lipinski definition) is 0. The zero-order chi connectivity index (χ0) is 13.1. The second-order valence-electron chi connectivity index (χ2n) is 5.07. The van der Waals surface area contributed by atoms with Crippen molar-refractivity contribution >= 4 is 63.7 Å². The molecule has 0 aliphatic heterocycles. The van der Waals surface area contributed by atoms with Gasteiger partial charge in [-0.25, -0.2) is 0 Å². The average molecular weight is 290 g/mol. The highest BCUT2D eigenvalue weighted by atomic mass is 32.1. The molecule has 2 heterocycles. The molecule has 0 unspecified atom stereocenters. The zero-order valence-electron chi connectivity index (χ0n) is 10.6. The van der Waals surface area contributed by atoms with Gasteiger partial charge >= 0.3 is 0 Å². The molecule has 0 spiro atoms. The number of fused-ring (bicyclic) bond motifs is 6. The summed E-state index contributed by atoms with van der Waals surface area (Å²) in [6, 6.07) is 20.1. The van der Waals surface area contributed by atoms with Gasteiger partial charge in [0.05, 0.1) is 0 Å². The molecular formula is C18H10S2. The fourth-order valence-corrected chi connectivity index (χ4v) is 5.03. The van der Waals surface area contributed by atoms with Gasteiger partial charge in [-0.1, -0.05) is 30.3 Å². The number of rotatable bonds is 0. The fraction of sp³-hybridized carbons (Fsp3) is 0. The maximum atomic E-state index is 2.37. The number of benzene rings is 3. The van der Waals surface area contributed by atoms with Crippen LogP contribution in [0.5, 0.6) is 0 Å². The van der Waals surface area contributed by atoms with Gasteiger partial charge in [0.25, 0.3) is 0 Å². The molecule has 5 rings (SSSR count). The molecule has 0 nitrogen and oxygen atoms in total. The first-order chi connectivity index (χ1) is 9.90. The summed E-state index contributed by atoms with van der Waals surface area (Å²) in [6.45, 7) is 0. The van der Waals surface area contributed by atoms with Crippen LogP contribution in [-0.2, 0) is 0 Å². The second kappa shape index (κ2) is 3.81. The molecule has 0 saturated carbocycles. The first-order valence-corrected chi connectivity index (χ1v) is 8.31. The molecule has 2 heteroatoms. The molecule has 5 aromatic rings. The third-order valence-corrected chi connectivity index (χ3v) is 6.03. The lowest BCUT2D eigenvalue weighted by Crippen LogP contribution is -1.73. The van der Waals surface area contributed by atoms with Crippen LogP contribution in [0.1, 0.15) is 0 Å². The van der Waals surface area contributed by atoms with Crippen LogP contribution in [0, 0.1) is 0 Å². The molecule has 20 heavy (non-hydrogen) atoms. The van der Waals surface area contributed by atoms with E-state index >= 15 is 0 Å². The maximum Gasteiger partial charge on any atom is 0.0421 e. The van der Waals surface area contributed by atoms with E-state index in [1.54, 1.807) is 0 Å². The molecule has 0 radical (unpaired) electrons. The summed E-state index contributed by atoms with van der Waals surface area (Å²) in [6.07, 6.45) is 0. The minimum absolute atomic E-state index is 1.34. The van der Waals surface area contributed by atoms with Gasteiger partial charge in [-0.2, -0.15) is 0 Å². The van der Waals surface area contributed by atoms with Crippen LogP contribution in [0.25, 0.3) is 41.0 Å². The van der Waals surface area contributed by atoms with E-state index in [2.05, 4.69) is 60.0 Å².